The van der Waals surface area contributed by atoms with Crippen LogP contribution in [0.15, 0.2) is 24.3 Å². The van der Waals surface area contributed by atoms with E-state index in [-0.39, 0.29) is 5.56 Å². The maximum absolute atomic E-state index is 13.1. The minimum Gasteiger partial charge on any atom is -0.268 e. The summed E-state index contributed by atoms with van der Waals surface area (Å²) in [5.41, 5.74) is 1.68. The lowest BCUT2D eigenvalue weighted by atomic mass is 10.2. The monoisotopic (exact) mass is 211 g/mol. The van der Waals surface area contributed by atoms with Gasteiger partial charge < -0.3 is 0 Å². The molecular formula is C11H14FNO2. The molecule has 0 radical (unpaired) electrons. The van der Waals surface area contributed by atoms with Crippen molar-refractivity contribution < 1.29 is 14.0 Å². The molecular weight excluding hydrogens is 197 g/mol. The van der Waals surface area contributed by atoms with Gasteiger partial charge in [0.2, 0.25) is 0 Å². The largest absolute Gasteiger partial charge is 0.277 e. The fraction of sp³-hybridized carbons (Fsp3) is 0.364. The number of rotatable bonds is 2. The number of carbonyl (C=O) groups is 1. The second kappa shape index (κ2) is 4.40. The maximum Gasteiger partial charge on any atom is 0.277 e. The van der Waals surface area contributed by atoms with Crippen molar-refractivity contribution in [2.75, 3.05) is 0 Å². The summed E-state index contributed by atoms with van der Waals surface area (Å²) in [6.45, 7) is 5.36. The van der Waals surface area contributed by atoms with Gasteiger partial charge in [0.05, 0.1) is 11.2 Å². The van der Waals surface area contributed by atoms with Crippen molar-refractivity contribution in [2.45, 2.75) is 26.4 Å². The van der Waals surface area contributed by atoms with Crippen molar-refractivity contribution in [3.05, 3.63) is 35.6 Å². The van der Waals surface area contributed by atoms with Crippen molar-refractivity contribution in [3.8, 4) is 0 Å². The summed E-state index contributed by atoms with van der Waals surface area (Å²) in [5.74, 6) is -1.14. The summed E-state index contributed by atoms with van der Waals surface area (Å²) < 4.78 is 13.1. The first-order valence-electron chi connectivity index (χ1n) is 4.63. The van der Waals surface area contributed by atoms with E-state index in [1.807, 2.05) is 0 Å². The zero-order valence-electron chi connectivity index (χ0n) is 9.00. The van der Waals surface area contributed by atoms with Crippen LogP contribution in [0.1, 0.15) is 31.1 Å². The topological polar surface area (TPSA) is 38.3 Å². The highest BCUT2D eigenvalue weighted by molar-refractivity contribution is 5.93. The molecule has 0 atom stereocenters. The van der Waals surface area contributed by atoms with E-state index < -0.39 is 17.3 Å². The number of hydrogen-bond acceptors (Lipinski definition) is 2. The molecule has 0 saturated heterocycles. The summed E-state index contributed by atoms with van der Waals surface area (Å²) in [5, 5.41) is 0. The number of amides is 1. The molecule has 0 bridgehead atoms. The fourth-order valence-electron chi connectivity index (χ4n) is 0.900. The van der Waals surface area contributed by atoms with E-state index in [9.17, 15) is 9.18 Å². The van der Waals surface area contributed by atoms with Crippen LogP contribution in [0, 0.1) is 5.82 Å². The quantitative estimate of drug-likeness (QED) is 0.762. The van der Waals surface area contributed by atoms with Gasteiger partial charge in [-0.1, -0.05) is 12.1 Å². The van der Waals surface area contributed by atoms with Crippen LogP contribution in [0.25, 0.3) is 0 Å². The maximum atomic E-state index is 13.1. The molecule has 1 amide bonds. The van der Waals surface area contributed by atoms with Crippen molar-refractivity contribution >= 4 is 5.91 Å². The van der Waals surface area contributed by atoms with Crippen LogP contribution in [0.3, 0.4) is 0 Å². The summed E-state index contributed by atoms with van der Waals surface area (Å²) in [7, 11) is 0. The molecule has 0 aliphatic carbocycles. The van der Waals surface area contributed by atoms with Gasteiger partial charge in [0.15, 0.2) is 0 Å². The summed E-state index contributed by atoms with van der Waals surface area (Å²) in [4.78, 5) is 16.5. The zero-order valence-corrected chi connectivity index (χ0v) is 9.00. The first-order valence-corrected chi connectivity index (χ1v) is 4.63. The summed E-state index contributed by atoms with van der Waals surface area (Å²) >= 11 is 0. The van der Waals surface area contributed by atoms with E-state index in [1.54, 1.807) is 26.8 Å². The first kappa shape index (κ1) is 11.7. The number of hydroxylamine groups is 1. The van der Waals surface area contributed by atoms with Gasteiger partial charge in [0.25, 0.3) is 5.91 Å². The molecule has 4 heteroatoms. The molecule has 1 rings (SSSR count). The Kier molecular flexibility index (Phi) is 3.42. The molecule has 1 N–H and O–H groups in total. The molecule has 0 saturated carbocycles. The van der Waals surface area contributed by atoms with Crippen LogP contribution in [0.2, 0.25) is 0 Å². The Bertz CT molecular complexity index is 358. The van der Waals surface area contributed by atoms with Gasteiger partial charge in [-0.15, -0.1) is 0 Å². The average molecular weight is 211 g/mol. The Morgan fingerprint density at radius 2 is 1.93 bits per heavy atom. The minimum atomic E-state index is -0.581. The molecule has 3 nitrogen and oxygen atoms in total. The normalized spacial score (nSPS) is 11.2. The van der Waals surface area contributed by atoms with Gasteiger partial charge in [-0.05, 0) is 32.9 Å². The predicted octanol–water partition coefficient (Wildman–Crippen LogP) is 2.29. The molecule has 0 heterocycles. The van der Waals surface area contributed by atoms with Crippen LogP contribution in [0.5, 0.6) is 0 Å². The first-order chi connectivity index (χ1) is 6.90. The molecule has 1 aromatic carbocycles. The number of halogens is 1. The number of hydrogen-bond donors (Lipinski definition) is 1. The van der Waals surface area contributed by atoms with Crippen LogP contribution in [0.4, 0.5) is 4.39 Å². The number of carbonyl (C=O) groups excluding carboxylic acids is 1. The smallest absolute Gasteiger partial charge is 0.268 e. The Labute approximate surface area is 88.2 Å². The molecule has 0 unspecified atom stereocenters. The summed E-state index contributed by atoms with van der Waals surface area (Å²) in [6, 6.07) is 5.74. The van der Waals surface area contributed by atoms with E-state index in [1.165, 1.54) is 18.2 Å². The Morgan fingerprint density at radius 1 is 1.33 bits per heavy atom. The van der Waals surface area contributed by atoms with Crippen molar-refractivity contribution in [2.24, 2.45) is 0 Å². The second-order valence-electron chi connectivity index (χ2n) is 4.13. The van der Waals surface area contributed by atoms with Gasteiger partial charge in [0, 0.05) is 0 Å². The third-order valence-electron chi connectivity index (χ3n) is 1.57. The van der Waals surface area contributed by atoms with Crippen molar-refractivity contribution in [1.29, 1.82) is 0 Å². The lowest BCUT2D eigenvalue weighted by molar-refractivity contribution is -0.0591. The number of benzene rings is 1. The van der Waals surface area contributed by atoms with E-state index >= 15 is 0 Å². The zero-order chi connectivity index (χ0) is 11.5. The highest BCUT2D eigenvalue weighted by Gasteiger charge is 2.15. The van der Waals surface area contributed by atoms with Crippen LogP contribution < -0.4 is 5.48 Å². The Balaban J connectivity index is 2.66. The van der Waals surface area contributed by atoms with E-state index in [0.29, 0.717) is 0 Å². The lowest BCUT2D eigenvalue weighted by Gasteiger charge is -2.18. The summed E-state index contributed by atoms with van der Waals surface area (Å²) in [6.07, 6.45) is 0. The van der Waals surface area contributed by atoms with Crippen LogP contribution >= 0.6 is 0 Å². The van der Waals surface area contributed by atoms with Crippen LogP contribution in [-0.4, -0.2) is 11.5 Å². The highest BCUT2D eigenvalue weighted by atomic mass is 19.1. The Morgan fingerprint density at radius 3 is 2.47 bits per heavy atom. The Hall–Kier alpha value is -1.42. The minimum absolute atomic E-state index is 0.0262. The van der Waals surface area contributed by atoms with Gasteiger partial charge >= 0.3 is 0 Å². The molecule has 1 aromatic rings. The van der Waals surface area contributed by atoms with Gasteiger partial charge in [-0.3, -0.25) is 9.63 Å². The van der Waals surface area contributed by atoms with Gasteiger partial charge in [-0.2, -0.15) is 0 Å². The highest BCUT2D eigenvalue weighted by Crippen LogP contribution is 2.08. The third-order valence-corrected chi connectivity index (χ3v) is 1.57. The molecule has 0 aliphatic rings. The van der Waals surface area contributed by atoms with E-state index in [2.05, 4.69) is 5.48 Å². The van der Waals surface area contributed by atoms with E-state index in [4.69, 9.17) is 4.84 Å². The molecule has 0 aromatic heterocycles. The van der Waals surface area contributed by atoms with Gasteiger partial charge in [-0.25, -0.2) is 9.87 Å². The fourth-order valence-corrected chi connectivity index (χ4v) is 0.900. The number of nitrogens with one attached hydrogen (secondary N) is 1. The predicted molar refractivity (Wildman–Crippen MR) is 54.7 cm³/mol. The molecule has 0 aliphatic heterocycles. The second-order valence-corrected chi connectivity index (χ2v) is 4.13. The average Bonchev–Trinajstić information content (AvgIpc) is 2.14. The molecule has 0 spiro atoms. The molecule has 82 valence electrons. The molecule has 15 heavy (non-hydrogen) atoms. The lowest BCUT2D eigenvalue weighted by Crippen LogP contribution is -2.33. The molecule has 0 fully saturated rings. The van der Waals surface area contributed by atoms with Gasteiger partial charge in [0.1, 0.15) is 5.82 Å². The SMILES string of the molecule is CC(C)(C)ONC(=O)c1ccccc1F. The third kappa shape index (κ3) is 3.67. The van der Waals surface area contributed by atoms with Crippen molar-refractivity contribution in [3.63, 3.8) is 0 Å². The van der Waals surface area contributed by atoms with E-state index in [0.717, 1.165) is 0 Å². The van der Waals surface area contributed by atoms with Crippen molar-refractivity contribution in [1.82, 2.24) is 5.48 Å². The standard InChI is InChI=1S/C11H14FNO2/c1-11(2,3)15-13-10(14)8-6-4-5-7-9(8)12/h4-7H,1-3H3,(H,13,14). The van der Waals surface area contributed by atoms with Crippen LogP contribution in [-0.2, 0) is 4.84 Å².